The summed E-state index contributed by atoms with van der Waals surface area (Å²) in [5.74, 6) is -0.607. The summed E-state index contributed by atoms with van der Waals surface area (Å²) < 4.78 is 5.14. The maximum atomic E-state index is 12.4. The molecule has 28 heavy (non-hydrogen) atoms. The van der Waals surface area contributed by atoms with Crippen molar-refractivity contribution in [1.82, 2.24) is 10.3 Å². The monoisotopic (exact) mass is 380 g/mol. The number of hydrogen-bond acceptors (Lipinski definition) is 3. The molecule has 1 aromatic heterocycles. The minimum atomic E-state index is -1.05. The molecule has 0 fully saturated rings. The Labute approximate surface area is 163 Å². The Kier molecular flexibility index (Phi) is 5.99. The van der Waals surface area contributed by atoms with Crippen LogP contribution in [0.3, 0.4) is 0 Å². The molecule has 3 aromatic rings. The predicted octanol–water partition coefficient (Wildman–Crippen LogP) is 3.48. The molecule has 146 valence electrons. The first-order valence-electron chi connectivity index (χ1n) is 9.19. The average molecular weight is 380 g/mol. The van der Waals surface area contributed by atoms with Crippen LogP contribution >= 0.6 is 0 Å². The quantitative estimate of drug-likeness (QED) is 0.558. The van der Waals surface area contributed by atoms with E-state index < -0.39 is 12.0 Å². The Hall–Kier alpha value is -3.28. The number of fused-ring (bicyclic) bond motifs is 1. The zero-order valence-electron chi connectivity index (χ0n) is 15.9. The number of nitrogens with one attached hydrogen (secondary N) is 2. The summed E-state index contributed by atoms with van der Waals surface area (Å²) in [5, 5.41) is 13.2. The van der Waals surface area contributed by atoms with Gasteiger partial charge in [0.05, 0.1) is 7.11 Å². The molecular formula is C22H24N2O4. The number of rotatable bonds is 8. The lowest BCUT2D eigenvalue weighted by Gasteiger charge is -2.17. The Morgan fingerprint density at radius 3 is 2.54 bits per heavy atom. The third-order valence-corrected chi connectivity index (χ3v) is 4.91. The van der Waals surface area contributed by atoms with Crippen molar-refractivity contribution in [2.75, 3.05) is 7.11 Å². The molecule has 0 spiro atoms. The topological polar surface area (TPSA) is 91.4 Å². The van der Waals surface area contributed by atoms with Crippen molar-refractivity contribution in [2.24, 2.45) is 0 Å². The Balaban J connectivity index is 1.64. The van der Waals surface area contributed by atoms with Gasteiger partial charge in [0.2, 0.25) is 5.91 Å². The summed E-state index contributed by atoms with van der Waals surface area (Å²) in [7, 11) is 1.60. The molecule has 0 saturated heterocycles. The number of aromatic amines is 1. The fraction of sp³-hybridized carbons (Fsp3) is 0.273. The second-order valence-corrected chi connectivity index (χ2v) is 6.90. The Morgan fingerprint density at radius 2 is 1.86 bits per heavy atom. The van der Waals surface area contributed by atoms with E-state index in [-0.39, 0.29) is 24.7 Å². The van der Waals surface area contributed by atoms with Gasteiger partial charge in [-0.25, -0.2) is 4.79 Å². The third kappa shape index (κ3) is 4.52. The summed E-state index contributed by atoms with van der Waals surface area (Å²) in [4.78, 5) is 27.3. The second kappa shape index (κ2) is 8.61. The lowest BCUT2D eigenvalue weighted by atomic mass is 9.97. The molecule has 1 heterocycles. The summed E-state index contributed by atoms with van der Waals surface area (Å²) in [6, 6.07) is 14.2. The maximum absolute atomic E-state index is 12.4. The van der Waals surface area contributed by atoms with E-state index in [0.717, 1.165) is 27.8 Å². The summed E-state index contributed by atoms with van der Waals surface area (Å²) in [5.41, 5.74) is 2.81. The minimum Gasteiger partial charge on any atom is -0.497 e. The van der Waals surface area contributed by atoms with Crippen LogP contribution in [-0.4, -0.2) is 35.1 Å². The zero-order valence-corrected chi connectivity index (χ0v) is 15.9. The van der Waals surface area contributed by atoms with Crippen LogP contribution in [0.1, 0.15) is 30.4 Å². The van der Waals surface area contributed by atoms with E-state index in [2.05, 4.69) is 10.3 Å². The van der Waals surface area contributed by atoms with E-state index in [0.29, 0.717) is 0 Å². The first-order chi connectivity index (χ1) is 13.5. The van der Waals surface area contributed by atoms with Crippen molar-refractivity contribution in [3.8, 4) is 5.75 Å². The highest BCUT2D eigenvalue weighted by molar-refractivity contribution is 5.87. The number of carboxylic acid groups (broad SMARTS) is 1. The van der Waals surface area contributed by atoms with Gasteiger partial charge in [0.1, 0.15) is 11.8 Å². The standard InChI is InChI=1S/C22H24N2O4/c1-14(15-7-9-17(28-2)10-8-15)11-21(25)24-20(22(26)27)12-16-13-23-19-6-4-3-5-18(16)19/h3-10,13-14,20,23H,11-12H2,1-2H3,(H,24,25)(H,26,27). The largest absolute Gasteiger partial charge is 0.497 e. The van der Waals surface area contributed by atoms with Crippen molar-refractivity contribution in [3.05, 3.63) is 65.9 Å². The van der Waals surface area contributed by atoms with Crippen LogP contribution in [-0.2, 0) is 16.0 Å². The van der Waals surface area contributed by atoms with Gasteiger partial charge in [-0.05, 0) is 35.2 Å². The van der Waals surface area contributed by atoms with Crippen LogP contribution in [0.4, 0.5) is 0 Å². The van der Waals surface area contributed by atoms with Crippen molar-refractivity contribution < 1.29 is 19.4 Å². The highest BCUT2D eigenvalue weighted by Crippen LogP contribution is 2.22. The second-order valence-electron chi connectivity index (χ2n) is 6.90. The number of aromatic nitrogens is 1. The molecule has 0 aliphatic heterocycles. The predicted molar refractivity (Wildman–Crippen MR) is 108 cm³/mol. The number of hydrogen-bond donors (Lipinski definition) is 3. The molecule has 6 nitrogen and oxygen atoms in total. The lowest BCUT2D eigenvalue weighted by molar-refractivity contribution is -0.141. The molecule has 0 bridgehead atoms. The van der Waals surface area contributed by atoms with Gasteiger partial charge in [0, 0.05) is 29.9 Å². The first-order valence-corrected chi connectivity index (χ1v) is 9.19. The van der Waals surface area contributed by atoms with Gasteiger partial charge >= 0.3 is 5.97 Å². The number of methoxy groups -OCH3 is 1. The van der Waals surface area contributed by atoms with Crippen molar-refractivity contribution in [1.29, 1.82) is 0 Å². The summed E-state index contributed by atoms with van der Waals surface area (Å²) in [6.07, 6.45) is 2.23. The number of aliphatic carboxylic acids is 1. The average Bonchev–Trinajstić information content (AvgIpc) is 3.10. The number of para-hydroxylation sites is 1. The molecule has 0 radical (unpaired) electrons. The van der Waals surface area contributed by atoms with E-state index in [1.165, 1.54) is 0 Å². The van der Waals surface area contributed by atoms with Gasteiger partial charge in [-0.1, -0.05) is 37.3 Å². The van der Waals surface area contributed by atoms with Crippen LogP contribution in [0.2, 0.25) is 0 Å². The summed E-state index contributed by atoms with van der Waals surface area (Å²) in [6.45, 7) is 1.94. The number of benzene rings is 2. The SMILES string of the molecule is COc1ccc(C(C)CC(=O)NC(Cc2c[nH]c3ccccc23)C(=O)O)cc1. The van der Waals surface area contributed by atoms with Gasteiger partial charge in [-0.2, -0.15) is 0 Å². The van der Waals surface area contributed by atoms with E-state index >= 15 is 0 Å². The molecule has 2 atom stereocenters. The highest BCUT2D eigenvalue weighted by atomic mass is 16.5. The number of carbonyl (C=O) groups is 2. The van der Waals surface area contributed by atoms with Gasteiger partial charge in [-0.3, -0.25) is 4.79 Å². The van der Waals surface area contributed by atoms with E-state index in [4.69, 9.17) is 4.74 Å². The van der Waals surface area contributed by atoms with Crippen LogP contribution in [0, 0.1) is 0 Å². The molecule has 0 saturated carbocycles. The van der Waals surface area contributed by atoms with E-state index in [9.17, 15) is 14.7 Å². The molecule has 2 unspecified atom stereocenters. The van der Waals surface area contributed by atoms with Gasteiger partial charge in [0.25, 0.3) is 0 Å². The maximum Gasteiger partial charge on any atom is 0.326 e. The normalized spacial score (nSPS) is 13.1. The fourth-order valence-corrected chi connectivity index (χ4v) is 3.30. The van der Waals surface area contributed by atoms with Crippen LogP contribution in [0.25, 0.3) is 10.9 Å². The van der Waals surface area contributed by atoms with Gasteiger partial charge in [0.15, 0.2) is 0 Å². The molecule has 0 aliphatic rings. The first kappa shape index (κ1) is 19.5. The minimum absolute atomic E-state index is 0.0339. The molecule has 2 aromatic carbocycles. The Bertz CT molecular complexity index is 962. The molecule has 3 N–H and O–H groups in total. The van der Waals surface area contributed by atoms with Crippen molar-refractivity contribution in [2.45, 2.75) is 31.7 Å². The molecule has 1 amide bonds. The number of H-pyrrole nitrogens is 1. The van der Waals surface area contributed by atoms with E-state index in [1.807, 2.05) is 55.5 Å². The van der Waals surface area contributed by atoms with Crippen LogP contribution < -0.4 is 10.1 Å². The molecule has 0 aliphatic carbocycles. The van der Waals surface area contributed by atoms with Crippen LogP contribution in [0.15, 0.2) is 54.7 Å². The number of carbonyl (C=O) groups excluding carboxylic acids is 1. The summed E-state index contributed by atoms with van der Waals surface area (Å²) >= 11 is 0. The molecule has 3 rings (SSSR count). The fourth-order valence-electron chi connectivity index (χ4n) is 3.30. The smallest absolute Gasteiger partial charge is 0.326 e. The zero-order chi connectivity index (χ0) is 20.1. The number of amides is 1. The molecular weight excluding hydrogens is 356 g/mol. The van der Waals surface area contributed by atoms with Gasteiger partial charge in [-0.15, -0.1) is 0 Å². The number of carboxylic acids is 1. The Morgan fingerprint density at radius 1 is 1.14 bits per heavy atom. The van der Waals surface area contributed by atoms with E-state index in [1.54, 1.807) is 13.3 Å². The third-order valence-electron chi connectivity index (χ3n) is 4.91. The van der Waals surface area contributed by atoms with Crippen molar-refractivity contribution in [3.63, 3.8) is 0 Å². The van der Waals surface area contributed by atoms with Gasteiger partial charge < -0.3 is 20.1 Å². The van der Waals surface area contributed by atoms with Crippen LogP contribution in [0.5, 0.6) is 5.75 Å². The molecule has 6 heteroatoms. The lowest BCUT2D eigenvalue weighted by Crippen LogP contribution is -2.42. The van der Waals surface area contributed by atoms with Crippen molar-refractivity contribution >= 4 is 22.8 Å². The highest BCUT2D eigenvalue weighted by Gasteiger charge is 2.23. The number of ether oxygens (including phenoxy) is 1.